The topological polar surface area (TPSA) is 46.3 Å². The molecule has 0 aliphatic rings. The normalized spacial score (nSPS) is 11.3. The van der Waals surface area contributed by atoms with Gasteiger partial charge in [-0.15, -0.1) is 0 Å². The minimum atomic E-state index is -0.463. The zero-order valence-electron chi connectivity index (χ0n) is 10.4. The Morgan fingerprint density at radius 1 is 1.44 bits per heavy atom. The van der Waals surface area contributed by atoms with Crippen molar-refractivity contribution in [1.82, 2.24) is 0 Å². The molecule has 0 atom stereocenters. The van der Waals surface area contributed by atoms with Gasteiger partial charge in [0.15, 0.2) is 0 Å². The van der Waals surface area contributed by atoms with Gasteiger partial charge in [0.25, 0.3) is 0 Å². The maximum Gasteiger partial charge on any atom is 0.228 e. The van der Waals surface area contributed by atoms with Crippen molar-refractivity contribution < 1.29 is 4.79 Å². The summed E-state index contributed by atoms with van der Waals surface area (Å²) in [6, 6.07) is 7.87. The van der Waals surface area contributed by atoms with Gasteiger partial charge in [-0.25, -0.2) is 0 Å². The van der Waals surface area contributed by atoms with Crippen molar-refractivity contribution in [2.75, 3.05) is 11.9 Å². The third-order valence-electron chi connectivity index (χ3n) is 2.37. The summed E-state index contributed by atoms with van der Waals surface area (Å²) in [4.78, 5) is 13.6. The summed E-state index contributed by atoms with van der Waals surface area (Å²) in [7, 11) is 1.78. The van der Waals surface area contributed by atoms with Crippen LogP contribution in [0.25, 0.3) is 0 Å². The second-order valence-electron chi connectivity index (χ2n) is 4.96. The van der Waals surface area contributed by atoms with E-state index in [1.165, 1.54) is 0 Å². The van der Waals surface area contributed by atoms with Gasteiger partial charge in [-0.1, -0.05) is 12.1 Å². The van der Waals surface area contributed by atoms with Crippen molar-refractivity contribution in [3.8, 4) is 0 Å². The van der Waals surface area contributed by atoms with Gasteiger partial charge in [-0.3, -0.25) is 4.79 Å². The van der Waals surface area contributed by atoms with E-state index < -0.39 is 5.54 Å². The molecule has 0 aliphatic carbocycles. The number of hydrogen-bond acceptors (Lipinski definition) is 2. The number of carbonyl (C=O) groups is 1. The molecule has 0 radical (unpaired) electrons. The Morgan fingerprint density at radius 2 is 2.06 bits per heavy atom. The zero-order valence-corrected chi connectivity index (χ0v) is 10.4. The van der Waals surface area contributed by atoms with Gasteiger partial charge in [-0.2, -0.15) is 0 Å². The van der Waals surface area contributed by atoms with Gasteiger partial charge in [0.05, 0.1) is 0 Å². The number of hydrogen-bond donors (Lipinski definition) is 1. The van der Waals surface area contributed by atoms with Crippen LogP contribution < -0.4 is 10.6 Å². The number of carbonyl (C=O) groups excluding carboxylic acids is 1. The Morgan fingerprint density at radius 3 is 2.56 bits per heavy atom. The van der Waals surface area contributed by atoms with Crippen LogP contribution >= 0.6 is 0 Å². The van der Waals surface area contributed by atoms with Crippen molar-refractivity contribution in [2.24, 2.45) is 5.73 Å². The van der Waals surface area contributed by atoms with Crippen LogP contribution in [0.1, 0.15) is 25.8 Å². The van der Waals surface area contributed by atoms with E-state index in [-0.39, 0.29) is 5.91 Å². The highest BCUT2D eigenvalue weighted by Crippen LogP contribution is 2.16. The molecule has 3 heteroatoms. The number of aryl methyl sites for hydroxylation is 1. The van der Waals surface area contributed by atoms with Crippen molar-refractivity contribution in [3.63, 3.8) is 0 Å². The Kier molecular flexibility index (Phi) is 3.70. The van der Waals surface area contributed by atoms with E-state index in [2.05, 4.69) is 0 Å². The first-order valence-electron chi connectivity index (χ1n) is 5.42. The second-order valence-corrected chi connectivity index (χ2v) is 4.96. The highest BCUT2D eigenvalue weighted by atomic mass is 16.2. The lowest BCUT2D eigenvalue weighted by atomic mass is 10.0. The molecule has 1 aromatic carbocycles. The average Bonchev–Trinajstić information content (AvgIpc) is 2.14. The van der Waals surface area contributed by atoms with Crippen LogP contribution in [0, 0.1) is 6.92 Å². The first-order chi connectivity index (χ1) is 7.29. The van der Waals surface area contributed by atoms with E-state index in [0.717, 1.165) is 11.3 Å². The molecule has 0 bridgehead atoms. The Balaban J connectivity index is 2.78. The smallest absolute Gasteiger partial charge is 0.228 e. The molecule has 0 heterocycles. The van der Waals surface area contributed by atoms with Crippen LogP contribution in [-0.4, -0.2) is 18.5 Å². The van der Waals surface area contributed by atoms with E-state index in [1.54, 1.807) is 11.9 Å². The predicted molar refractivity (Wildman–Crippen MR) is 67.5 cm³/mol. The van der Waals surface area contributed by atoms with Crippen LogP contribution in [0.3, 0.4) is 0 Å². The Hall–Kier alpha value is -1.35. The lowest BCUT2D eigenvalue weighted by Gasteiger charge is -2.23. The third kappa shape index (κ3) is 3.66. The summed E-state index contributed by atoms with van der Waals surface area (Å²) in [5, 5.41) is 0. The van der Waals surface area contributed by atoms with Crippen LogP contribution in [0.5, 0.6) is 0 Å². The van der Waals surface area contributed by atoms with Gasteiger partial charge in [0, 0.05) is 24.7 Å². The monoisotopic (exact) mass is 220 g/mol. The van der Waals surface area contributed by atoms with Crippen molar-refractivity contribution >= 4 is 11.6 Å². The van der Waals surface area contributed by atoms with Crippen LogP contribution in [-0.2, 0) is 4.79 Å². The molecule has 0 unspecified atom stereocenters. The van der Waals surface area contributed by atoms with Crippen LogP contribution in [0.2, 0.25) is 0 Å². The molecule has 0 fully saturated rings. The van der Waals surface area contributed by atoms with E-state index in [9.17, 15) is 4.79 Å². The molecule has 3 nitrogen and oxygen atoms in total. The first kappa shape index (κ1) is 12.7. The highest BCUT2D eigenvalue weighted by molar-refractivity contribution is 5.93. The molecule has 1 aromatic rings. The average molecular weight is 220 g/mol. The molecule has 0 spiro atoms. The number of nitrogens with zero attached hydrogens (tertiary/aromatic N) is 1. The molecular formula is C13H20N2O. The van der Waals surface area contributed by atoms with Gasteiger partial charge in [0.2, 0.25) is 5.91 Å². The minimum Gasteiger partial charge on any atom is -0.325 e. The maximum absolute atomic E-state index is 11.9. The fourth-order valence-corrected chi connectivity index (χ4v) is 1.49. The van der Waals surface area contributed by atoms with E-state index in [1.807, 2.05) is 45.0 Å². The molecular weight excluding hydrogens is 200 g/mol. The molecule has 0 aromatic heterocycles. The molecule has 0 saturated heterocycles. The predicted octanol–water partition coefficient (Wildman–Crippen LogP) is 2.09. The van der Waals surface area contributed by atoms with E-state index in [0.29, 0.717) is 6.42 Å². The van der Waals surface area contributed by atoms with Gasteiger partial charge in [-0.05, 0) is 38.5 Å². The third-order valence-corrected chi connectivity index (χ3v) is 2.37. The molecule has 0 saturated carbocycles. The van der Waals surface area contributed by atoms with Gasteiger partial charge < -0.3 is 10.6 Å². The lowest BCUT2D eigenvalue weighted by Crippen LogP contribution is -2.39. The molecule has 88 valence electrons. The number of nitrogens with two attached hydrogens (primary N) is 1. The first-order valence-corrected chi connectivity index (χ1v) is 5.42. The summed E-state index contributed by atoms with van der Waals surface area (Å²) >= 11 is 0. The number of benzene rings is 1. The zero-order chi connectivity index (χ0) is 12.3. The molecule has 0 aliphatic heterocycles. The largest absolute Gasteiger partial charge is 0.325 e. The summed E-state index contributed by atoms with van der Waals surface area (Å²) in [6.45, 7) is 5.72. The molecule has 16 heavy (non-hydrogen) atoms. The summed E-state index contributed by atoms with van der Waals surface area (Å²) < 4.78 is 0. The fourth-order valence-electron chi connectivity index (χ4n) is 1.49. The Labute approximate surface area is 97.2 Å². The lowest BCUT2D eigenvalue weighted by molar-refractivity contribution is -0.119. The summed E-state index contributed by atoms with van der Waals surface area (Å²) in [5.41, 5.74) is 7.43. The maximum atomic E-state index is 11.9. The van der Waals surface area contributed by atoms with E-state index >= 15 is 0 Å². The van der Waals surface area contributed by atoms with Crippen molar-refractivity contribution in [1.29, 1.82) is 0 Å². The minimum absolute atomic E-state index is 0.0399. The molecule has 2 N–H and O–H groups in total. The van der Waals surface area contributed by atoms with Crippen molar-refractivity contribution in [3.05, 3.63) is 29.8 Å². The number of amides is 1. The summed E-state index contributed by atoms with van der Waals surface area (Å²) in [6.07, 6.45) is 0.345. The highest BCUT2D eigenvalue weighted by Gasteiger charge is 2.20. The second kappa shape index (κ2) is 4.66. The molecule has 1 rings (SSSR count). The van der Waals surface area contributed by atoms with Crippen LogP contribution in [0.4, 0.5) is 5.69 Å². The fraction of sp³-hybridized carbons (Fsp3) is 0.462. The quantitative estimate of drug-likeness (QED) is 0.847. The Bertz CT molecular complexity index is 380. The van der Waals surface area contributed by atoms with Crippen LogP contribution in [0.15, 0.2) is 24.3 Å². The number of rotatable bonds is 3. The van der Waals surface area contributed by atoms with Gasteiger partial charge in [0.1, 0.15) is 0 Å². The molecule has 1 amide bonds. The number of anilines is 1. The summed E-state index contributed by atoms with van der Waals surface area (Å²) in [5.74, 6) is 0.0399. The van der Waals surface area contributed by atoms with E-state index in [4.69, 9.17) is 5.73 Å². The van der Waals surface area contributed by atoms with Crippen molar-refractivity contribution in [2.45, 2.75) is 32.7 Å². The standard InChI is InChI=1S/C13H20N2O/c1-10-6-5-7-11(8-10)15(4)12(16)9-13(2,3)14/h5-8H,9,14H2,1-4H3. The van der Waals surface area contributed by atoms with Gasteiger partial charge >= 0.3 is 0 Å². The SMILES string of the molecule is Cc1cccc(N(C)C(=O)CC(C)(C)N)c1.